The van der Waals surface area contributed by atoms with Gasteiger partial charge in [0.05, 0.1) is 0 Å². The van der Waals surface area contributed by atoms with Gasteiger partial charge in [-0.2, -0.15) is 8.78 Å². The van der Waals surface area contributed by atoms with Gasteiger partial charge in [0.1, 0.15) is 0 Å². The fourth-order valence-electron chi connectivity index (χ4n) is 0.888. The van der Waals surface area contributed by atoms with Crippen LogP contribution in [0.5, 0.6) is 0 Å². The third kappa shape index (κ3) is 1.67. The summed E-state index contributed by atoms with van der Waals surface area (Å²) in [6.07, 6.45) is -1.90. The summed E-state index contributed by atoms with van der Waals surface area (Å²) in [6, 6.07) is 0. The first-order chi connectivity index (χ1) is 5.26. The second-order valence-corrected chi connectivity index (χ2v) is 2.88. The monoisotopic (exact) mass is 186 g/mol. The summed E-state index contributed by atoms with van der Waals surface area (Å²) in [5.41, 5.74) is 0. The van der Waals surface area contributed by atoms with Gasteiger partial charge in [0.15, 0.2) is 0 Å². The molecule has 0 radical (unpaired) electrons. The van der Waals surface area contributed by atoms with Gasteiger partial charge in [-0.15, -0.1) is 0 Å². The Morgan fingerprint density at radius 2 is 2.00 bits per heavy atom. The maximum atomic E-state index is 12.2. The van der Waals surface area contributed by atoms with Gasteiger partial charge in [0.25, 0.3) is 5.92 Å². The van der Waals surface area contributed by atoms with Crippen LogP contribution in [0.25, 0.3) is 0 Å². The summed E-state index contributed by atoms with van der Waals surface area (Å²) in [5.74, 6) is -10.9. The molecule has 1 N–H and O–H groups in total. The maximum Gasteiger partial charge on any atom is 0.374 e. The van der Waals surface area contributed by atoms with Crippen LogP contribution in [0.1, 0.15) is 12.8 Å². The first-order valence-electron chi connectivity index (χ1n) is 3.25. The van der Waals surface area contributed by atoms with Crippen molar-refractivity contribution in [3.8, 4) is 0 Å². The van der Waals surface area contributed by atoms with Gasteiger partial charge < -0.3 is 5.11 Å². The highest BCUT2D eigenvalue weighted by atomic mass is 19.3. The normalized spacial score (nSPS) is 26.8. The van der Waals surface area contributed by atoms with Gasteiger partial charge in [-0.3, -0.25) is 0 Å². The molecular weight excluding hydrogens is 180 g/mol. The Balaban J connectivity index is 2.48. The van der Waals surface area contributed by atoms with E-state index >= 15 is 0 Å². The number of carbonyl (C=O) groups is 1. The minimum Gasteiger partial charge on any atom is -0.477 e. The minimum atomic E-state index is -4.02. The van der Waals surface area contributed by atoms with Crippen LogP contribution in [-0.2, 0) is 4.79 Å². The molecule has 1 saturated carbocycles. The maximum absolute atomic E-state index is 12.2. The van der Waals surface area contributed by atoms with E-state index in [1.807, 2.05) is 0 Å². The second-order valence-electron chi connectivity index (χ2n) is 2.88. The van der Waals surface area contributed by atoms with E-state index in [2.05, 4.69) is 0 Å². The smallest absolute Gasteiger partial charge is 0.374 e. The Kier molecular flexibility index (Phi) is 1.81. The number of hydrogen-bond donors (Lipinski definition) is 1. The number of carboxylic acid groups (broad SMARTS) is 1. The first kappa shape index (κ1) is 9.28. The van der Waals surface area contributed by atoms with Gasteiger partial charge in [0, 0.05) is 18.8 Å². The molecule has 6 heteroatoms. The molecule has 70 valence electrons. The van der Waals surface area contributed by atoms with E-state index in [9.17, 15) is 22.4 Å². The van der Waals surface area contributed by atoms with Gasteiger partial charge in [-0.1, -0.05) is 0 Å². The third-order valence-electron chi connectivity index (χ3n) is 1.77. The predicted molar refractivity (Wildman–Crippen MR) is 30.3 cm³/mol. The molecule has 1 rings (SSSR count). The van der Waals surface area contributed by atoms with Crippen LogP contribution >= 0.6 is 0 Å². The molecule has 1 unspecified atom stereocenters. The SMILES string of the molecule is O=C(O)C(F)(F)CC1CC1(F)F. The number of hydrogen-bond acceptors (Lipinski definition) is 1. The molecule has 0 aromatic heterocycles. The van der Waals surface area contributed by atoms with Crippen LogP contribution in [-0.4, -0.2) is 22.9 Å². The van der Waals surface area contributed by atoms with Gasteiger partial charge in [0.2, 0.25) is 0 Å². The average molecular weight is 186 g/mol. The Bertz CT molecular complexity index is 214. The summed E-state index contributed by atoms with van der Waals surface area (Å²) >= 11 is 0. The second kappa shape index (κ2) is 2.34. The van der Waals surface area contributed by atoms with E-state index in [0.29, 0.717) is 0 Å². The minimum absolute atomic E-state index is 0.629. The van der Waals surface area contributed by atoms with E-state index in [4.69, 9.17) is 5.11 Å². The number of alkyl halides is 4. The zero-order valence-electron chi connectivity index (χ0n) is 5.86. The Hall–Kier alpha value is -0.810. The topological polar surface area (TPSA) is 37.3 Å². The molecule has 12 heavy (non-hydrogen) atoms. The molecule has 0 aliphatic heterocycles. The fourth-order valence-corrected chi connectivity index (χ4v) is 0.888. The molecule has 0 aromatic rings. The summed E-state index contributed by atoms with van der Waals surface area (Å²) in [7, 11) is 0. The van der Waals surface area contributed by atoms with E-state index in [1.54, 1.807) is 0 Å². The van der Waals surface area contributed by atoms with Gasteiger partial charge in [-0.05, 0) is 0 Å². The lowest BCUT2D eigenvalue weighted by Crippen LogP contribution is -2.29. The molecule has 2 nitrogen and oxygen atoms in total. The lowest BCUT2D eigenvalue weighted by Gasteiger charge is -2.09. The summed E-state index contributed by atoms with van der Waals surface area (Å²) in [4.78, 5) is 9.80. The average Bonchev–Trinajstić information content (AvgIpc) is 2.37. The van der Waals surface area contributed by atoms with Crippen molar-refractivity contribution in [2.24, 2.45) is 5.92 Å². The fraction of sp³-hybridized carbons (Fsp3) is 0.833. The predicted octanol–water partition coefficient (Wildman–Crippen LogP) is 1.75. The Morgan fingerprint density at radius 3 is 2.25 bits per heavy atom. The molecule has 0 saturated heterocycles. The zero-order valence-corrected chi connectivity index (χ0v) is 5.86. The van der Waals surface area contributed by atoms with E-state index in [-0.39, 0.29) is 0 Å². The summed E-state index contributed by atoms with van der Waals surface area (Å²) < 4.78 is 48.6. The van der Waals surface area contributed by atoms with Crippen molar-refractivity contribution in [3.63, 3.8) is 0 Å². The quantitative estimate of drug-likeness (QED) is 0.681. The van der Waals surface area contributed by atoms with Crippen LogP contribution in [0, 0.1) is 5.92 Å². The molecule has 0 bridgehead atoms. The molecule has 1 aliphatic carbocycles. The Morgan fingerprint density at radius 1 is 1.58 bits per heavy atom. The van der Waals surface area contributed by atoms with Crippen molar-refractivity contribution in [2.45, 2.75) is 24.7 Å². The molecule has 0 aromatic carbocycles. The lowest BCUT2D eigenvalue weighted by molar-refractivity contribution is -0.167. The van der Waals surface area contributed by atoms with Crippen molar-refractivity contribution in [1.29, 1.82) is 0 Å². The van der Waals surface area contributed by atoms with Crippen molar-refractivity contribution in [1.82, 2.24) is 0 Å². The standard InChI is InChI=1S/C6H6F4O2/c7-5(8)1-3(5)2-6(9,10)4(11)12/h3H,1-2H2,(H,11,12). The molecule has 1 fully saturated rings. The van der Waals surface area contributed by atoms with Crippen molar-refractivity contribution >= 4 is 5.97 Å². The number of carboxylic acids is 1. The van der Waals surface area contributed by atoms with Gasteiger partial charge in [-0.25, -0.2) is 13.6 Å². The number of aliphatic carboxylic acids is 1. The van der Waals surface area contributed by atoms with Crippen LogP contribution < -0.4 is 0 Å². The molecule has 1 aliphatic rings. The number of rotatable bonds is 3. The van der Waals surface area contributed by atoms with Crippen LogP contribution in [0.3, 0.4) is 0 Å². The van der Waals surface area contributed by atoms with Crippen LogP contribution in [0.2, 0.25) is 0 Å². The van der Waals surface area contributed by atoms with Crippen molar-refractivity contribution in [2.75, 3.05) is 0 Å². The zero-order chi connectivity index (χ0) is 9.57. The lowest BCUT2D eigenvalue weighted by atomic mass is 10.1. The highest BCUT2D eigenvalue weighted by molar-refractivity contribution is 5.75. The molecular formula is C6H6F4O2. The highest BCUT2D eigenvalue weighted by Gasteiger charge is 2.61. The summed E-state index contributed by atoms with van der Waals surface area (Å²) in [6.45, 7) is 0. The molecule has 0 amide bonds. The summed E-state index contributed by atoms with van der Waals surface area (Å²) in [5, 5.41) is 7.89. The van der Waals surface area contributed by atoms with E-state index in [0.717, 1.165) is 0 Å². The molecule has 0 spiro atoms. The van der Waals surface area contributed by atoms with Crippen molar-refractivity contribution < 1.29 is 27.5 Å². The molecule has 0 heterocycles. The highest BCUT2D eigenvalue weighted by Crippen LogP contribution is 2.53. The van der Waals surface area contributed by atoms with Crippen LogP contribution in [0.4, 0.5) is 17.6 Å². The largest absolute Gasteiger partial charge is 0.477 e. The first-order valence-corrected chi connectivity index (χ1v) is 3.25. The van der Waals surface area contributed by atoms with Crippen LogP contribution in [0.15, 0.2) is 0 Å². The Labute approximate surface area is 65.2 Å². The van der Waals surface area contributed by atoms with E-state index in [1.165, 1.54) is 0 Å². The van der Waals surface area contributed by atoms with E-state index < -0.39 is 36.6 Å². The molecule has 1 atom stereocenters. The van der Waals surface area contributed by atoms with Crippen molar-refractivity contribution in [3.05, 3.63) is 0 Å². The third-order valence-corrected chi connectivity index (χ3v) is 1.77. The number of halogens is 4. The van der Waals surface area contributed by atoms with Gasteiger partial charge >= 0.3 is 11.9 Å².